The molecule has 0 saturated heterocycles. The molecular weight excluding hydrogens is 202 g/mol. The molecule has 0 spiro atoms. The molecule has 1 rings (SSSR count). The molecule has 13 heavy (non-hydrogen) atoms. The number of hydrogen-bond acceptors (Lipinski definition) is 2. The van der Waals surface area contributed by atoms with Crippen LogP contribution in [0.2, 0.25) is 5.02 Å². The first kappa shape index (κ1) is 10.1. The van der Waals surface area contributed by atoms with E-state index in [0.29, 0.717) is 0 Å². The van der Waals surface area contributed by atoms with Crippen LogP contribution >= 0.6 is 11.6 Å². The lowest BCUT2D eigenvalue weighted by molar-refractivity contribution is 0.347. The Labute approximate surface area is 79.0 Å². The lowest BCUT2D eigenvalue weighted by atomic mass is 10.3. The van der Waals surface area contributed by atoms with Crippen LogP contribution in [0.15, 0.2) is 6.07 Å². The molecule has 0 bridgehead atoms. The van der Waals surface area contributed by atoms with Crippen LogP contribution in [0.3, 0.4) is 0 Å². The van der Waals surface area contributed by atoms with Crippen molar-refractivity contribution in [2.24, 2.45) is 0 Å². The lowest BCUT2D eigenvalue weighted by Gasteiger charge is -2.09. The van der Waals surface area contributed by atoms with Gasteiger partial charge in [0.05, 0.1) is 14.2 Å². The van der Waals surface area contributed by atoms with Gasteiger partial charge in [0, 0.05) is 6.07 Å². The van der Waals surface area contributed by atoms with Gasteiger partial charge in [-0.2, -0.15) is 0 Å². The summed E-state index contributed by atoms with van der Waals surface area (Å²) in [5.74, 6) is -2.16. The van der Waals surface area contributed by atoms with Crippen molar-refractivity contribution in [3.63, 3.8) is 0 Å². The van der Waals surface area contributed by atoms with Crippen LogP contribution in [-0.2, 0) is 0 Å². The van der Waals surface area contributed by atoms with E-state index in [1.807, 2.05) is 0 Å². The smallest absolute Gasteiger partial charge is 0.182 e. The highest BCUT2D eigenvalue weighted by Crippen LogP contribution is 2.37. The molecule has 72 valence electrons. The van der Waals surface area contributed by atoms with Gasteiger partial charge in [-0.1, -0.05) is 11.6 Å². The molecule has 0 aliphatic carbocycles. The van der Waals surface area contributed by atoms with Gasteiger partial charge in [0.2, 0.25) is 0 Å². The van der Waals surface area contributed by atoms with E-state index >= 15 is 0 Å². The van der Waals surface area contributed by atoms with E-state index in [2.05, 4.69) is 0 Å². The summed E-state index contributed by atoms with van der Waals surface area (Å²) < 4.78 is 35.1. The summed E-state index contributed by atoms with van der Waals surface area (Å²) in [5.41, 5.74) is 0. The molecule has 0 saturated carbocycles. The summed E-state index contributed by atoms with van der Waals surface area (Å²) in [7, 11) is 2.60. The summed E-state index contributed by atoms with van der Waals surface area (Å²) in [6.07, 6.45) is 0. The third-order valence-corrected chi connectivity index (χ3v) is 1.84. The van der Waals surface area contributed by atoms with E-state index in [0.717, 1.165) is 6.07 Å². The van der Waals surface area contributed by atoms with Crippen molar-refractivity contribution in [3.8, 4) is 11.5 Å². The normalized spacial score (nSPS) is 9.92. The molecule has 2 nitrogen and oxygen atoms in total. The van der Waals surface area contributed by atoms with Gasteiger partial charge in [-0.15, -0.1) is 0 Å². The molecule has 0 aromatic heterocycles. The second-order valence-electron chi connectivity index (χ2n) is 2.22. The summed E-state index contributed by atoms with van der Waals surface area (Å²) >= 11 is 5.46. The predicted octanol–water partition coefficient (Wildman–Crippen LogP) is 2.64. The Kier molecular flexibility index (Phi) is 2.93. The minimum atomic E-state index is -1.14. The number of halogens is 3. The molecule has 0 aliphatic rings. The molecule has 1 aromatic carbocycles. The van der Waals surface area contributed by atoms with Crippen LogP contribution in [0.25, 0.3) is 0 Å². The van der Waals surface area contributed by atoms with Gasteiger partial charge >= 0.3 is 0 Å². The van der Waals surface area contributed by atoms with Gasteiger partial charge in [-0.05, 0) is 0 Å². The van der Waals surface area contributed by atoms with Gasteiger partial charge < -0.3 is 9.47 Å². The highest BCUT2D eigenvalue weighted by Gasteiger charge is 2.17. The molecule has 0 unspecified atom stereocenters. The zero-order valence-electron chi connectivity index (χ0n) is 7.03. The third-order valence-electron chi connectivity index (χ3n) is 1.51. The van der Waals surface area contributed by atoms with Gasteiger partial charge in [0.1, 0.15) is 5.02 Å². The maximum atomic E-state index is 12.9. The molecule has 0 N–H and O–H groups in total. The Balaban J connectivity index is 3.39. The first-order valence-electron chi connectivity index (χ1n) is 3.37. The van der Waals surface area contributed by atoms with Gasteiger partial charge in [0.15, 0.2) is 23.1 Å². The first-order valence-corrected chi connectivity index (χ1v) is 3.75. The highest BCUT2D eigenvalue weighted by atomic mass is 35.5. The summed E-state index contributed by atoms with van der Waals surface area (Å²) in [6.45, 7) is 0. The number of ether oxygens (including phenoxy) is 2. The van der Waals surface area contributed by atoms with Crippen LogP contribution in [0.4, 0.5) is 8.78 Å². The quantitative estimate of drug-likeness (QED) is 0.696. The van der Waals surface area contributed by atoms with Crippen molar-refractivity contribution < 1.29 is 18.3 Å². The van der Waals surface area contributed by atoms with Gasteiger partial charge in [0.25, 0.3) is 0 Å². The minimum absolute atomic E-state index is 0.0110. The van der Waals surface area contributed by atoms with Crippen LogP contribution < -0.4 is 9.47 Å². The molecule has 0 aliphatic heterocycles. The third kappa shape index (κ3) is 1.67. The van der Waals surface area contributed by atoms with Crippen LogP contribution in [-0.4, -0.2) is 14.2 Å². The van der Waals surface area contributed by atoms with E-state index in [1.54, 1.807) is 0 Å². The standard InChI is InChI=1S/C8H7ClF2O2/c1-12-5-3-4(10)7(11)6(9)8(5)13-2/h3H,1-2H3. The Bertz CT molecular complexity index is 328. The van der Waals surface area contributed by atoms with E-state index in [4.69, 9.17) is 21.1 Å². The maximum Gasteiger partial charge on any atom is 0.182 e. The van der Waals surface area contributed by atoms with E-state index in [9.17, 15) is 8.78 Å². The molecule has 0 radical (unpaired) electrons. The number of benzene rings is 1. The highest BCUT2D eigenvalue weighted by molar-refractivity contribution is 6.32. The van der Waals surface area contributed by atoms with Crippen molar-refractivity contribution in [2.45, 2.75) is 0 Å². The average Bonchev–Trinajstić information content (AvgIpc) is 2.13. The molecule has 1 aromatic rings. The van der Waals surface area contributed by atoms with Gasteiger partial charge in [-0.3, -0.25) is 0 Å². The largest absolute Gasteiger partial charge is 0.493 e. The fourth-order valence-corrected chi connectivity index (χ4v) is 1.16. The second kappa shape index (κ2) is 3.79. The first-order chi connectivity index (χ1) is 6.11. The van der Waals surface area contributed by atoms with Gasteiger partial charge in [-0.25, -0.2) is 8.78 Å². The molecule has 0 amide bonds. The second-order valence-corrected chi connectivity index (χ2v) is 2.60. The molecule has 0 heterocycles. The summed E-state index contributed by atoms with van der Waals surface area (Å²) in [6, 6.07) is 0.875. The fraction of sp³-hybridized carbons (Fsp3) is 0.250. The molecule has 0 atom stereocenters. The number of rotatable bonds is 2. The lowest BCUT2D eigenvalue weighted by Crippen LogP contribution is -1.96. The Morgan fingerprint density at radius 1 is 1.23 bits per heavy atom. The van der Waals surface area contributed by atoms with Crippen LogP contribution in [0.5, 0.6) is 11.5 Å². The SMILES string of the molecule is COc1cc(F)c(F)c(Cl)c1OC. The molecule has 5 heteroatoms. The summed E-state index contributed by atoms with van der Waals surface area (Å²) in [5, 5.41) is -0.417. The van der Waals surface area contributed by atoms with Crippen molar-refractivity contribution in [2.75, 3.05) is 14.2 Å². The van der Waals surface area contributed by atoms with E-state index in [-0.39, 0.29) is 11.5 Å². The Morgan fingerprint density at radius 2 is 1.85 bits per heavy atom. The maximum absolute atomic E-state index is 12.9. The zero-order valence-corrected chi connectivity index (χ0v) is 7.78. The predicted molar refractivity (Wildman–Crippen MR) is 44.5 cm³/mol. The topological polar surface area (TPSA) is 18.5 Å². The number of methoxy groups -OCH3 is 2. The van der Waals surface area contributed by atoms with Crippen LogP contribution in [0.1, 0.15) is 0 Å². The van der Waals surface area contributed by atoms with Crippen LogP contribution in [0, 0.1) is 11.6 Å². The summed E-state index contributed by atoms with van der Waals surface area (Å²) in [4.78, 5) is 0. The average molecular weight is 209 g/mol. The molecular formula is C8H7ClF2O2. The van der Waals surface area contributed by atoms with Crippen molar-refractivity contribution in [1.82, 2.24) is 0 Å². The monoisotopic (exact) mass is 208 g/mol. The van der Waals surface area contributed by atoms with E-state index in [1.165, 1.54) is 14.2 Å². The van der Waals surface area contributed by atoms with Crippen molar-refractivity contribution in [1.29, 1.82) is 0 Å². The zero-order chi connectivity index (χ0) is 10.0. The molecule has 0 fully saturated rings. The van der Waals surface area contributed by atoms with Crippen molar-refractivity contribution in [3.05, 3.63) is 22.7 Å². The van der Waals surface area contributed by atoms with Crippen molar-refractivity contribution >= 4 is 11.6 Å². The van der Waals surface area contributed by atoms with E-state index < -0.39 is 16.7 Å². The Morgan fingerprint density at radius 3 is 2.31 bits per heavy atom. The minimum Gasteiger partial charge on any atom is -0.493 e. The number of hydrogen-bond donors (Lipinski definition) is 0. The Hall–Kier alpha value is -1.03. The fourth-order valence-electron chi connectivity index (χ4n) is 0.899.